The SMILES string of the molecule is Cc1c[c]([AlH2])c(C(F)(F)F)o1. The summed E-state index contributed by atoms with van der Waals surface area (Å²) in [6.45, 7) is 1.51. The second-order valence-electron chi connectivity index (χ2n) is 2.37. The van der Waals surface area contributed by atoms with E-state index in [4.69, 9.17) is 0 Å². The van der Waals surface area contributed by atoms with Crippen LogP contribution in [0.25, 0.3) is 0 Å². The summed E-state index contributed by atoms with van der Waals surface area (Å²) in [6, 6.07) is 1.43. The number of rotatable bonds is 0. The largest absolute Gasteiger partial charge is 0.458 e. The minimum Gasteiger partial charge on any atom is -0.458 e. The molecule has 0 aliphatic heterocycles. The van der Waals surface area contributed by atoms with Crippen LogP contribution in [0.5, 0.6) is 0 Å². The summed E-state index contributed by atoms with van der Waals surface area (Å²) in [5.41, 5.74) is 0. The molecule has 0 fully saturated rings. The van der Waals surface area contributed by atoms with Gasteiger partial charge in [0, 0.05) is 0 Å². The number of furan rings is 1. The Morgan fingerprint density at radius 3 is 2.18 bits per heavy atom. The van der Waals surface area contributed by atoms with E-state index >= 15 is 0 Å². The van der Waals surface area contributed by atoms with Gasteiger partial charge >= 0.3 is 6.18 Å². The Labute approximate surface area is 69.6 Å². The van der Waals surface area contributed by atoms with Crippen LogP contribution in [-0.4, -0.2) is 16.3 Å². The molecule has 11 heavy (non-hydrogen) atoms. The van der Waals surface area contributed by atoms with Crippen molar-refractivity contribution in [3.63, 3.8) is 0 Å². The summed E-state index contributed by atoms with van der Waals surface area (Å²) in [7, 11) is 0. The molecule has 1 nitrogen and oxygen atoms in total. The van der Waals surface area contributed by atoms with Crippen molar-refractivity contribution in [2.45, 2.75) is 13.1 Å². The van der Waals surface area contributed by atoms with Crippen LogP contribution in [0.3, 0.4) is 0 Å². The monoisotopic (exact) mass is 178 g/mol. The fourth-order valence-electron chi connectivity index (χ4n) is 0.923. The summed E-state index contributed by atoms with van der Waals surface area (Å²) in [6.07, 6.45) is -4.33. The van der Waals surface area contributed by atoms with E-state index in [1.54, 1.807) is 0 Å². The zero-order valence-corrected chi connectivity index (χ0v) is 8.12. The van der Waals surface area contributed by atoms with E-state index < -0.39 is 11.9 Å². The summed E-state index contributed by atoms with van der Waals surface area (Å²) in [4.78, 5) is 0. The third-order valence-electron chi connectivity index (χ3n) is 1.30. The minimum absolute atomic E-state index is 0.273. The third-order valence-corrected chi connectivity index (χ3v) is 2.04. The Morgan fingerprint density at radius 2 is 2.00 bits per heavy atom. The molecule has 0 atom stereocenters. The van der Waals surface area contributed by atoms with Crippen molar-refractivity contribution >= 4 is 20.7 Å². The van der Waals surface area contributed by atoms with Crippen LogP contribution in [0.4, 0.5) is 13.2 Å². The molecule has 0 aromatic carbocycles. The second kappa shape index (κ2) is 2.58. The van der Waals surface area contributed by atoms with Gasteiger partial charge in [0.05, 0.1) is 5.76 Å². The molecule has 0 unspecified atom stereocenters. The second-order valence-corrected chi connectivity index (χ2v) is 3.44. The average Bonchev–Trinajstić information content (AvgIpc) is 2.08. The first-order chi connectivity index (χ1) is 4.91. The molecule has 1 aromatic rings. The van der Waals surface area contributed by atoms with Crippen molar-refractivity contribution in [1.29, 1.82) is 0 Å². The van der Waals surface area contributed by atoms with Gasteiger partial charge in [-0.1, -0.05) is 4.43 Å². The van der Waals surface area contributed by atoms with E-state index in [0.29, 0.717) is 22.1 Å². The van der Waals surface area contributed by atoms with Crippen molar-refractivity contribution < 1.29 is 17.6 Å². The quantitative estimate of drug-likeness (QED) is 0.537. The van der Waals surface area contributed by atoms with E-state index in [9.17, 15) is 13.2 Å². The molecule has 60 valence electrons. The first-order valence-electron chi connectivity index (χ1n) is 3.05. The van der Waals surface area contributed by atoms with Gasteiger partial charge in [0.1, 0.15) is 0 Å². The molecule has 1 aromatic heterocycles. The molecule has 0 bridgehead atoms. The Balaban J connectivity index is 3.13. The number of halogens is 3. The van der Waals surface area contributed by atoms with Gasteiger partial charge < -0.3 is 4.42 Å². The molecule has 0 radical (unpaired) electrons. The molecule has 0 saturated carbocycles. The molecule has 5 heteroatoms. The van der Waals surface area contributed by atoms with Gasteiger partial charge in [0.15, 0.2) is 5.76 Å². The average molecular weight is 178 g/mol. The van der Waals surface area contributed by atoms with Crippen molar-refractivity contribution in [2.24, 2.45) is 0 Å². The van der Waals surface area contributed by atoms with Gasteiger partial charge in [0.25, 0.3) is 16.3 Å². The molecule has 1 rings (SSSR count). The van der Waals surface area contributed by atoms with Crippen LogP contribution in [-0.2, 0) is 6.18 Å². The number of hydrogen-bond donors (Lipinski definition) is 0. The van der Waals surface area contributed by atoms with Crippen molar-refractivity contribution in [3.05, 3.63) is 17.6 Å². The topological polar surface area (TPSA) is 13.1 Å². The fraction of sp³-hybridized carbons (Fsp3) is 0.333. The van der Waals surface area contributed by atoms with Gasteiger partial charge in [-0.3, -0.25) is 0 Å². The molecule has 0 aliphatic carbocycles. The minimum atomic E-state index is -4.33. The third kappa shape index (κ3) is 1.79. The highest BCUT2D eigenvalue weighted by molar-refractivity contribution is 6.33. The predicted molar refractivity (Wildman–Crippen MR) is 36.6 cm³/mol. The highest BCUT2D eigenvalue weighted by Crippen LogP contribution is 2.28. The van der Waals surface area contributed by atoms with E-state index in [2.05, 4.69) is 4.42 Å². The highest BCUT2D eigenvalue weighted by Gasteiger charge is 2.36. The molecular formula is C6H6AlF3O. The normalized spacial score (nSPS) is 12.0. The summed E-state index contributed by atoms with van der Waals surface area (Å²) in [5, 5.41) is 0. The van der Waals surface area contributed by atoms with Crippen molar-refractivity contribution in [2.75, 3.05) is 0 Å². The van der Waals surface area contributed by atoms with Crippen LogP contribution in [0, 0.1) is 6.92 Å². The fourth-order valence-corrected chi connectivity index (χ4v) is 1.71. The van der Waals surface area contributed by atoms with Gasteiger partial charge in [-0.15, -0.1) is 0 Å². The summed E-state index contributed by atoms with van der Waals surface area (Å²) in [5.74, 6) is -0.510. The summed E-state index contributed by atoms with van der Waals surface area (Å²) >= 11 is 0.363. The van der Waals surface area contributed by atoms with Gasteiger partial charge in [0.2, 0.25) is 0 Å². The maximum Gasteiger partial charge on any atom is 0.448 e. The van der Waals surface area contributed by atoms with Crippen molar-refractivity contribution in [3.8, 4) is 0 Å². The number of hydrogen-bond acceptors (Lipinski definition) is 1. The van der Waals surface area contributed by atoms with E-state index in [1.807, 2.05) is 0 Å². The van der Waals surface area contributed by atoms with Crippen LogP contribution in [0.2, 0.25) is 0 Å². The molecular weight excluding hydrogens is 172 g/mol. The molecule has 0 N–H and O–H groups in total. The number of aryl methyl sites for hydroxylation is 1. The van der Waals surface area contributed by atoms with E-state index in [-0.39, 0.29) is 4.43 Å². The zero-order chi connectivity index (χ0) is 8.65. The maximum absolute atomic E-state index is 12.0. The van der Waals surface area contributed by atoms with E-state index in [0.717, 1.165) is 0 Å². The Hall–Kier alpha value is -0.398. The zero-order valence-electron chi connectivity index (χ0n) is 6.12. The molecule has 0 amide bonds. The van der Waals surface area contributed by atoms with Crippen LogP contribution < -0.4 is 4.43 Å². The smallest absolute Gasteiger partial charge is 0.448 e. The first-order valence-corrected chi connectivity index (χ1v) is 4.05. The molecule has 0 aliphatic rings. The van der Waals surface area contributed by atoms with Crippen molar-refractivity contribution in [1.82, 2.24) is 0 Å². The maximum atomic E-state index is 12.0. The van der Waals surface area contributed by atoms with Gasteiger partial charge in [-0.2, -0.15) is 13.2 Å². The molecule has 1 heterocycles. The Morgan fingerprint density at radius 1 is 1.45 bits per heavy atom. The lowest BCUT2D eigenvalue weighted by Crippen LogP contribution is -2.15. The standard InChI is InChI=1S/C6H4F3O.Al.2H/c1-4-2-3-5(10-4)6(7,8)9;;;/h2H,1H3;;;. The molecule has 0 saturated heterocycles. The van der Waals surface area contributed by atoms with E-state index in [1.165, 1.54) is 13.0 Å². The lowest BCUT2D eigenvalue weighted by Gasteiger charge is -2.02. The molecule has 0 spiro atoms. The lowest BCUT2D eigenvalue weighted by atomic mass is 10.4. The highest BCUT2D eigenvalue weighted by atomic mass is 27.0. The Bertz CT molecular complexity index is 263. The Kier molecular flexibility index (Phi) is 2.04. The summed E-state index contributed by atoms with van der Waals surface area (Å²) < 4.78 is 40.7. The van der Waals surface area contributed by atoms with Gasteiger partial charge in [-0.25, -0.2) is 0 Å². The van der Waals surface area contributed by atoms with Crippen LogP contribution in [0.1, 0.15) is 11.5 Å². The number of alkyl halides is 3. The predicted octanol–water partition coefficient (Wildman–Crippen LogP) is 0.865. The lowest BCUT2D eigenvalue weighted by molar-refractivity contribution is -0.152. The first kappa shape index (κ1) is 8.70. The van der Waals surface area contributed by atoms with Crippen LogP contribution >= 0.6 is 0 Å². The van der Waals surface area contributed by atoms with Gasteiger partial charge in [-0.05, 0) is 13.0 Å². The van der Waals surface area contributed by atoms with Crippen LogP contribution in [0.15, 0.2) is 10.5 Å².